The van der Waals surface area contributed by atoms with Crippen LogP contribution in [0.25, 0.3) is 0 Å². The maximum atomic E-state index is 5.15. The topological polar surface area (TPSA) is 68.8 Å². The van der Waals surface area contributed by atoms with Gasteiger partial charge in [-0.05, 0) is 7.05 Å². The molecule has 0 unspecified atom stereocenters. The summed E-state index contributed by atoms with van der Waals surface area (Å²) in [7, 11) is 1.90. The normalized spacial score (nSPS) is 11.3. The van der Waals surface area contributed by atoms with Crippen molar-refractivity contribution in [3.05, 3.63) is 29.9 Å². The average Bonchev–Trinajstić information content (AvgIpc) is 2.89. The molecule has 0 aliphatic rings. The molecule has 0 bridgehead atoms. The van der Waals surface area contributed by atoms with Gasteiger partial charge in [0.05, 0.1) is 18.6 Å². The highest BCUT2D eigenvalue weighted by atomic mass is 16.5. The number of imidazole rings is 1. The first-order chi connectivity index (χ1) is 8.19. The second-order valence-corrected chi connectivity index (χ2v) is 4.27. The molecule has 0 atom stereocenters. The summed E-state index contributed by atoms with van der Waals surface area (Å²) in [5.41, 5.74) is 1.00. The zero-order valence-electron chi connectivity index (χ0n) is 10.3. The first-order valence-corrected chi connectivity index (χ1v) is 5.66. The fourth-order valence-electron chi connectivity index (χ4n) is 1.49. The van der Waals surface area contributed by atoms with E-state index in [1.807, 2.05) is 31.7 Å². The van der Waals surface area contributed by atoms with Crippen molar-refractivity contribution in [3.8, 4) is 0 Å². The van der Waals surface area contributed by atoms with Gasteiger partial charge >= 0.3 is 0 Å². The van der Waals surface area contributed by atoms with Crippen LogP contribution >= 0.6 is 0 Å². The van der Waals surface area contributed by atoms with E-state index in [2.05, 4.69) is 20.4 Å². The van der Waals surface area contributed by atoms with Crippen molar-refractivity contribution in [2.75, 3.05) is 7.05 Å². The molecule has 2 aromatic heterocycles. The first kappa shape index (κ1) is 11.8. The van der Waals surface area contributed by atoms with Crippen LogP contribution in [0.3, 0.4) is 0 Å². The Balaban J connectivity index is 2.03. The molecule has 0 aliphatic carbocycles. The molecule has 2 heterocycles. The van der Waals surface area contributed by atoms with Gasteiger partial charge in [0.15, 0.2) is 5.82 Å². The quantitative estimate of drug-likeness (QED) is 0.842. The van der Waals surface area contributed by atoms with Gasteiger partial charge in [0.2, 0.25) is 5.89 Å². The molecule has 6 heteroatoms. The highest BCUT2D eigenvalue weighted by molar-refractivity contribution is 4.99. The molecule has 17 heavy (non-hydrogen) atoms. The Hall–Kier alpha value is -1.69. The van der Waals surface area contributed by atoms with Crippen LogP contribution in [-0.4, -0.2) is 26.7 Å². The van der Waals surface area contributed by atoms with Crippen molar-refractivity contribution >= 4 is 0 Å². The summed E-state index contributed by atoms with van der Waals surface area (Å²) in [5.74, 6) is 1.62. The smallest absolute Gasteiger partial charge is 0.229 e. The predicted molar refractivity (Wildman–Crippen MR) is 62.5 cm³/mol. The van der Waals surface area contributed by atoms with E-state index in [0.717, 1.165) is 12.2 Å². The largest absolute Gasteiger partial charge is 0.339 e. The molecule has 2 rings (SSSR count). The third kappa shape index (κ3) is 2.91. The van der Waals surface area contributed by atoms with Crippen LogP contribution in [0, 0.1) is 0 Å². The second kappa shape index (κ2) is 5.09. The van der Waals surface area contributed by atoms with Crippen molar-refractivity contribution in [1.82, 2.24) is 25.0 Å². The summed E-state index contributed by atoms with van der Waals surface area (Å²) < 4.78 is 7.09. The van der Waals surface area contributed by atoms with Crippen LogP contribution in [-0.2, 0) is 13.1 Å². The van der Waals surface area contributed by atoms with Crippen LogP contribution in [0.4, 0.5) is 0 Å². The van der Waals surface area contributed by atoms with Crippen LogP contribution in [0.2, 0.25) is 0 Å². The highest BCUT2D eigenvalue weighted by Crippen LogP contribution is 2.11. The Kier molecular flexibility index (Phi) is 3.53. The molecule has 0 radical (unpaired) electrons. The van der Waals surface area contributed by atoms with Crippen LogP contribution in [0.5, 0.6) is 0 Å². The van der Waals surface area contributed by atoms with Crippen LogP contribution in [0.15, 0.2) is 17.0 Å². The van der Waals surface area contributed by atoms with Gasteiger partial charge in [-0.2, -0.15) is 4.98 Å². The summed E-state index contributed by atoms with van der Waals surface area (Å²) in [6.07, 6.45) is 3.75. The molecule has 0 saturated carbocycles. The van der Waals surface area contributed by atoms with Crippen LogP contribution in [0.1, 0.15) is 37.2 Å². The zero-order valence-corrected chi connectivity index (χ0v) is 10.3. The van der Waals surface area contributed by atoms with E-state index in [9.17, 15) is 0 Å². The fourth-order valence-corrected chi connectivity index (χ4v) is 1.49. The van der Waals surface area contributed by atoms with E-state index < -0.39 is 0 Å². The molecule has 2 aromatic rings. The summed E-state index contributed by atoms with van der Waals surface area (Å²) in [6, 6.07) is 0. The standard InChI is InChI=1S/C11H17N5O/c1-8(2)11-14-10(15-17-11)6-16-5-9(4-12-3)13-7-16/h5,7-8,12H,4,6H2,1-3H3. The lowest BCUT2D eigenvalue weighted by Gasteiger charge is -1.95. The van der Waals surface area contributed by atoms with E-state index in [1.54, 1.807) is 6.33 Å². The molecule has 0 amide bonds. The number of nitrogens with one attached hydrogen (secondary N) is 1. The molecule has 0 saturated heterocycles. The van der Waals surface area contributed by atoms with Gasteiger partial charge in [0, 0.05) is 18.7 Å². The lowest BCUT2D eigenvalue weighted by atomic mass is 10.2. The minimum absolute atomic E-state index is 0.263. The molecule has 0 aliphatic heterocycles. The van der Waals surface area contributed by atoms with Gasteiger partial charge in [0.1, 0.15) is 0 Å². The molecule has 0 aromatic carbocycles. The Morgan fingerprint density at radius 1 is 1.47 bits per heavy atom. The third-order valence-electron chi connectivity index (χ3n) is 2.35. The Morgan fingerprint density at radius 2 is 2.29 bits per heavy atom. The SMILES string of the molecule is CNCc1cn(Cc2noc(C(C)C)n2)cn1. The van der Waals surface area contributed by atoms with Crippen molar-refractivity contribution in [3.63, 3.8) is 0 Å². The van der Waals surface area contributed by atoms with Gasteiger partial charge in [-0.3, -0.25) is 0 Å². The summed E-state index contributed by atoms with van der Waals surface area (Å²) in [6.45, 7) is 5.41. The number of hydrogen-bond acceptors (Lipinski definition) is 5. The molecular weight excluding hydrogens is 218 g/mol. The Bertz CT molecular complexity index is 474. The van der Waals surface area contributed by atoms with E-state index >= 15 is 0 Å². The van der Waals surface area contributed by atoms with Gasteiger partial charge in [-0.15, -0.1) is 0 Å². The van der Waals surface area contributed by atoms with Gasteiger partial charge < -0.3 is 14.4 Å². The minimum atomic E-state index is 0.263. The molecule has 92 valence electrons. The number of aromatic nitrogens is 4. The van der Waals surface area contributed by atoms with E-state index in [0.29, 0.717) is 18.3 Å². The molecular formula is C11H17N5O. The molecule has 1 N–H and O–H groups in total. The second-order valence-electron chi connectivity index (χ2n) is 4.27. The van der Waals surface area contributed by atoms with Crippen LogP contribution < -0.4 is 5.32 Å². The first-order valence-electron chi connectivity index (χ1n) is 5.66. The fraction of sp³-hybridized carbons (Fsp3) is 0.545. The van der Waals surface area contributed by atoms with Crippen molar-refractivity contribution < 1.29 is 4.52 Å². The highest BCUT2D eigenvalue weighted by Gasteiger charge is 2.10. The van der Waals surface area contributed by atoms with Crippen molar-refractivity contribution in [1.29, 1.82) is 0 Å². The number of rotatable bonds is 5. The monoisotopic (exact) mass is 235 g/mol. The molecule has 0 spiro atoms. The zero-order chi connectivity index (χ0) is 12.3. The number of nitrogens with zero attached hydrogens (tertiary/aromatic N) is 4. The van der Waals surface area contributed by atoms with Gasteiger partial charge in [-0.1, -0.05) is 19.0 Å². The maximum absolute atomic E-state index is 5.15. The van der Waals surface area contributed by atoms with Gasteiger partial charge in [-0.25, -0.2) is 4.98 Å². The number of hydrogen-bond donors (Lipinski definition) is 1. The maximum Gasteiger partial charge on any atom is 0.229 e. The molecule has 6 nitrogen and oxygen atoms in total. The van der Waals surface area contributed by atoms with Gasteiger partial charge in [0.25, 0.3) is 0 Å². The van der Waals surface area contributed by atoms with E-state index in [4.69, 9.17) is 4.52 Å². The molecule has 0 fully saturated rings. The Labute approximate surface area is 100 Å². The summed E-state index contributed by atoms with van der Waals surface area (Å²) in [5, 5.41) is 6.99. The van der Waals surface area contributed by atoms with Crippen molar-refractivity contribution in [2.45, 2.75) is 32.9 Å². The lowest BCUT2D eigenvalue weighted by molar-refractivity contribution is 0.360. The summed E-state index contributed by atoms with van der Waals surface area (Å²) in [4.78, 5) is 8.58. The Morgan fingerprint density at radius 3 is 2.94 bits per heavy atom. The lowest BCUT2D eigenvalue weighted by Crippen LogP contribution is -2.05. The third-order valence-corrected chi connectivity index (χ3v) is 2.35. The summed E-state index contributed by atoms with van der Waals surface area (Å²) >= 11 is 0. The minimum Gasteiger partial charge on any atom is -0.339 e. The van der Waals surface area contributed by atoms with E-state index in [-0.39, 0.29) is 5.92 Å². The van der Waals surface area contributed by atoms with Crippen molar-refractivity contribution in [2.24, 2.45) is 0 Å². The van der Waals surface area contributed by atoms with E-state index in [1.165, 1.54) is 0 Å². The average molecular weight is 235 g/mol. The predicted octanol–water partition coefficient (Wildman–Crippen LogP) is 1.16.